The number of nitriles is 1. The first-order valence-electron chi connectivity index (χ1n) is 8.33. The van der Waals surface area contributed by atoms with Crippen LogP contribution >= 0.6 is 11.3 Å². The summed E-state index contributed by atoms with van der Waals surface area (Å²) >= 11 is 1.62. The van der Waals surface area contributed by atoms with E-state index in [0.717, 1.165) is 49.8 Å². The molecule has 1 aliphatic rings. The molecule has 1 saturated heterocycles. The molecule has 4 heterocycles. The molecule has 0 saturated carbocycles. The Bertz CT molecular complexity index is 879. The largest absolute Gasteiger partial charge is 0.356 e. The first kappa shape index (κ1) is 15.8. The molecule has 0 aromatic carbocycles. The molecule has 126 valence electrons. The van der Waals surface area contributed by atoms with Crippen LogP contribution in [-0.4, -0.2) is 32.6 Å². The lowest BCUT2D eigenvalue weighted by atomic mass is 9.97. The second kappa shape index (κ2) is 7.03. The molecule has 6 nitrogen and oxygen atoms in total. The Hall–Kier alpha value is -2.72. The summed E-state index contributed by atoms with van der Waals surface area (Å²) < 4.78 is 2.20. The molecule has 1 atom stereocenters. The molecule has 0 amide bonds. The van der Waals surface area contributed by atoms with Crippen molar-refractivity contribution < 1.29 is 0 Å². The van der Waals surface area contributed by atoms with Gasteiger partial charge < -0.3 is 9.47 Å². The summed E-state index contributed by atoms with van der Waals surface area (Å²) in [6, 6.07) is 7.73. The summed E-state index contributed by atoms with van der Waals surface area (Å²) in [5.41, 5.74) is 3.40. The van der Waals surface area contributed by atoms with Crippen LogP contribution in [-0.2, 0) is 6.54 Å². The van der Waals surface area contributed by atoms with Gasteiger partial charge in [-0.1, -0.05) is 6.07 Å². The Labute approximate surface area is 150 Å². The quantitative estimate of drug-likeness (QED) is 0.723. The van der Waals surface area contributed by atoms with Gasteiger partial charge in [0, 0.05) is 36.8 Å². The highest BCUT2D eigenvalue weighted by molar-refractivity contribution is 7.07. The van der Waals surface area contributed by atoms with E-state index in [1.165, 1.54) is 0 Å². The van der Waals surface area contributed by atoms with Crippen molar-refractivity contribution in [3.8, 4) is 6.07 Å². The molecule has 0 radical (unpaired) electrons. The number of piperidine rings is 1. The second-order valence-electron chi connectivity index (χ2n) is 6.17. The first-order valence-corrected chi connectivity index (χ1v) is 9.28. The van der Waals surface area contributed by atoms with Gasteiger partial charge in [0.2, 0.25) is 0 Å². The molecule has 0 unspecified atom stereocenters. The molecule has 4 rings (SSSR count). The number of imidazole rings is 1. The zero-order chi connectivity index (χ0) is 17.1. The molecular formula is C18H18N6S. The van der Waals surface area contributed by atoms with E-state index in [-0.39, 0.29) is 0 Å². The number of pyridine rings is 1. The minimum atomic E-state index is 0.356. The lowest BCUT2D eigenvalue weighted by Gasteiger charge is -2.33. The lowest BCUT2D eigenvalue weighted by molar-refractivity contribution is 0.473. The highest BCUT2D eigenvalue weighted by atomic mass is 32.1. The van der Waals surface area contributed by atoms with Crippen molar-refractivity contribution in [2.24, 2.45) is 0 Å². The number of anilines is 1. The van der Waals surface area contributed by atoms with Crippen LogP contribution in [0.15, 0.2) is 41.5 Å². The fraction of sp³-hybridized carbons (Fsp3) is 0.333. The van der Waals surface area contributed by atoms with Crippen LogP contribution in [0.1, 0.15) is 36.0 Å². The maximum absolute atomic E-state index is 9.07. The van der Waals surface area contributed by atoms with Crippen molar-refractivity contribution in [1.82, 2.24) is 19.5 Å². The molecule has 1 aliphatic heterocycles. The van der Waals surface area contributed by atoms with E-state index in [2.05, 4.69) is 35.9 Å². The van der Waals surface area contributed by atoms with Crippen LogP contribution in [0.2, 0.25) is 0 Å². The van der Waals surface area contributed by atoms with Crippen molar-refractivity contribution in [2.75, 3.05) is 18.0 Å². The molecule has 3 aromatic heterocycles. The Morgan fingerprint density at radius 1 is 1.32 bits per heavy atom. The average Bonchev–Trinajstić information content (AvgIpc) is 3.34. The summed E-state index contributed by atoms with van der Waals surface area (Å²) in [6.07, 6.45) is 6.10. The molecule has 3 aromatic rings. The summed E-state index contributed by atoms with van der Waals surface area (Å²) in [5.74, 6) is 2.34. The summed E-state index contributed by atoms with van der Waals surface area (Å²) in [6.45, 7) is 2.60. The van der Waals surface area contributed by atoms with E-state index in [4.69, 9.17) is 5.26 Å². The van der Waals surface area contributed by atoms with E-state index in [0.29, 0.717) is 11.6 Å². The number of hydrogen-bond donors (Lipinski definition) is 0. The molecule has 7 heteroatoms. The number of hydrogen-bond acceptors (Lipinski definition) is 6. The normalized spacial score (nSPS) is 17.4. The monoisotopic (exact) mass is 350 g/mol. The number of nitrogens with zero attached hydrogens (tertiary/aromatic N) is 6. The van der Waals surface area contributed by atoms with E-state index in [1.807, 2.05) is 30.0 Å². The van der Waals surface area contributed by atoms with Gasteiger partial charge in [-0.25, -0.2) is 15.0 Å². The fourth-order valence-corrected chi connectivity index (χ4v) is 3.91. The summed E-state index contributed by atoms with van der Waals surface area (Å²) in [5, 5.41) is 11.1. The predicted molar refractivity (Wildman–Crippen MR) is 96.6 cm³/mol. The molecular weight excluding hydrogens is 332 g/mol. The van der Waals surface area contributed by atoms with Gasteiger partial charge in [-0.2, -0.15) is 5.26 Å². The summed E-state index contributed by atoms with van der Waals surface area (Å²) in [4.78, 5) is 15.7. The topological polar surface area (TPSA) is 70.6 Å². The highest BCUT2D eigenvalue weighted by Gasteiger charge is 2.25. The third-order valence-corrected chi connectivity index (χ3v) is 5.16. The Morgan fingerprint density at radius 2 is 2.28 bits per heavy atom. The predicted octanol–water partition coefficient (Wildman–Crippen LogP) is 3.04. The van der Waals surface area contributed by atoms with Gasteiger partial charge in [0.1, 0.15) is 23.4 Å². The Kier molecular flexibility index (Phi) is 4.44. The van der Waals surface area contributed by atoms with E-state index >= 15 is 0 Å². The van der Waals surface area contributed by atoms with Crippen molar-refractivity contribution >= 4 is 17.2 Å². The molecule has 1 fully saturated rings. The van der Waals surface area contributed by atoms with Gasteiger partial charge in [-0.15, -0.1) is 11.3 Å². The first-order chi connectivity index (χ1) is 12.3. The molecule has 25 heavy (non-hydrogen) atoms. The van der Waals surface area contributed by atoms with Gasteiger partial charge in [0.05, 0.1) is 17.7 Å². The van der Waals surface area contributed by atoms with Crippen LogP contribution in [0.25, 0.3) is 0 Å². The SMILES string of the molecule is N#Cc1cccc(N2CCC[C@@H](c3nccn3Cc3cscn3)C2)n1. The number of aromatic nitrogens is 4. The molecule has 0 bridgehead atoms. The van der Waals surface area contributed by atoms with Crippen LogP contribution in [0.3, 0.4) is 0 Å². The molecule has 0 spiro atoms. The van der Waals surface area contributed by atoms with Gasteiger partial charge in [0.25, 0.3) is 0 Å². The lowest BCUT2D eigenvalue weighted by Crippen LogP contribution is -2.36. The van der Waals surface area contributed by atoms with Gasteiger partial charge in [-0.3, -0.25) is 0 Å². The van der Waals surface area contributed by atoms with Crippen molar-refractivity contribution in [3.05, 3.63) is 58.7 Å². The number of rotatable bonds is 4. The fourth-order valence-electron chi connectivity index (χ4n) is 3.36. The molecule has 0 aliphatic carbocycles. The zero-order valence-electron chi connectivity index (χ0n) is 13.7. The van der Waals surface area contributed by atoms with E-state index < -0.39 is 0 Å². The van der Waals surface area contributed by atoms with Crippen LogP contribution < -0.4 is 4.90 Å². The van der Waals surface area contributed by atoms with Crippen molar-refractivity contribution in [2.45, 2.75) is 25.3 Å². The number of thiazole rings is 1. The Morgan fingerprint density at radius 3 is 3.12 bits per heavy atom. The second-order valence-corrected chi connectivity index (χ2v) is 6.89. The minimum Gasteiger partial charge on any atom is -0.356 e. The van der Waals surface area contributed by atoms with Crippen LogP contribution in [0, 0.1) is 11.3 Å². The summed E-state index contributed by atoms with van der Waals surface area (Å²) in [7, 11) is 0. The smallest absolute Gasteiger partial charge is 0.142 e. The maximum atomic E-state index is 9.07. The molecule has 0 N–H and O–H groups in total. The van der Waals surface area contributed by atoms with Gasteiger partial charge in [0.15, 0.2) is 0 Å². The van der Waals surface area contributed by atoms with E-state index in [9.17, 15) is 0 Å². The third-order valence-electron chi connectivity index (χ3n) is 4.52. The van der Waals surface area contributed by atoms with Crippen LogP contribution in [0.4, 0.5) is 5.82 Å². The Balaban J connectivity index is 1.54. The zero-order valence-corrected chi connectivity index (χ0v) is 14.6. The average molecular weight is 350 g/mol. The highest BCUT2D eigenvalue weighted by Crippen LogP contribution is 2.28. The van der Waals surface area contributed by atoms with Crippen LogP contribution in [0.5, 0.6) is 0 Å². The standard InChI is InChI=1S/C18H18N6S/c19-9-15-4-1-5-17(22-15)23-7-2-3-14(10-23)18-20-6-8-24(18)11-16-12-25-13-21-16/h1,4-6,8,12-14H,2-3,7,10-11H2/t14-/m1/s1. The van der Waals surface area contributed by atoms with Gasteiger partial charge in [-0.05, 0) is 25.0 Å². The minimum absolute atomic E-state index is 0.356. The maximum Gasteiger partial charge on any atom is 0.142 e. The van der Waals surface area contributed by atoms with E-state index in [1.54, 1.807) is 17.4 Å². The van der Waals surface area contributed by atoms with Crippen molar-refractivity contribution in [3.63, 3.8) is 0 Å². The van der Waals surface area contributed by atoms with Crippen molar-refractivity contribution in [1.29, 1.82) is 5.26 Å². The van der Waals surface area contributed by atoms with Gasteiger partial charge >= 0.3 is 0 Å². The third kappa shape index (κ3) is 3.39.